The second-order valence-electron chi connectivity index (χ2n) is 5.58. The summed E-state index contributed by atoms with van der Waals surface area (Å²) in [6.07, 6.45) is -3.29. The maximum Gasteiger partial charge on any atom is 0.416 e. The van der Waals surface area contributed by atoms with Crippen LogP contribution in [0, 0.1) is 0 Å². The van der Waals surface area contributed by atoms with E-state index in [0.29, 0.717) is 16.8 Å². The topological polar surface area (TPSA) is 59.3 Å². The smallest absolute Gasteiger partial charge is 0.392 e. The number of halogens is 3. The molecule has 4 nitrogen and oxygen atoms in total. The van der Waals surface area contributed by atoms with Crippen molar-refractivity contribution in [1.29, 1.82) is 0 Å². The van der Waals surface area contributed by atoms with Gasteiger partial charge in [-0.2, -0.15) is 13.2 Å². The van der Waals surface area contributed by atoms with E-state index in [-0.39, 0.29) is 11.5 Å². The van der Waals surface area contributed by atoms with E-state index in [1.807, 2.05) is 0 Å². The maximum atomic E-state index is 12.9. The third-order valence-electron chi connectivity index (χ3n) is 3.83. The van der Waals surface area contributed by atoms with Crippen LogP contribution in [0.2, 0.25) is 0 Å². The SMILES string of the molecule is O=S(=O)(c1ccc(C(F)(F)F)cc1)n1cc(CO)cc1-c1ccccc1. The molecule has 0 amide bonds. The summed E-state index contributed by atoms with van der Waals surface area (Å²) in [5, 5.41) is 9.35. The Kier molecular flexibility index (Phi) is 4.64. The summed E-state index contributed by atoms with van der Waals surface area (Å²) in [6, 6.07) is 13.5. The highest BCUT2D eigenvalue weighted by Gasteiger charge is 2.31. The first-order valence-electron chi connectivity index (χ1n) is 7.54. The summed E-state index contributed by atoms with van der Waals surface area (Å²) < 4.78 is 64.9. The second kappa shape index (κ2) is 6.62. The lowest BCUT2D eigenvalue weighted by Gasteiger charge is -2.12. The third-order valence-corrected chi connectivity index (χ3v) is 5.52. The van der Waals surface area contributed by atoms with E-state index in [2.05, 4.69) is 0 Å². The highest BCUT2D eigenvalue weighted by Crippen LogP contribution is 2.31. The van der Waals surface area contributed by atoms with Crippen molar-refractivity contribution in [2.24, 2.45) is 0 Å². The molecular formula is C18H14F3NO3S. The minimum absolute atomic E-state index is 0.275. The summed E-state index contributed by atoms with van der Waals surface area (Å²) in [5.41, 5.74) is 0.361. The molecule has 0 saturated heterocycles. The molecular weight excluding hydrogens is 367 g/mol. The molecule has 0 aliphatic heterocycles. The largest absolute Gasteiger partial charge is 0.416 e. The van der Waals surface area contributed by atoms with Crippen LogP contribution in [0.1, 0.15) is 11.1 Å². The van der Waals surface area contributed by atoms with E-state index in [1.54, 1.807) is 30.3 Å². The molecule has 0 unspecified atom stereocenters. The Labute approximate surface area is 148 Å². The van der Waals surface area contributed by atoms with Gasteiger partial charge >= 0.3 is 6.18 Å². The lowest BCUT2D eigenvalue weighted by Crippen LogP contribution is -2.14. The van der Waals surface area contributed by atoms with E-state index < -0.39 is 21.8 Å². The molecule has 8 heteroatoms. The van der Waals surface area contributed by atoms with Gasteiger partial charge in [0.1, 0.15) is 0 Å². The molecule has 0 bridgehead atoms. The zero-order valence-corrected chi connectivity index (χ0v) is 14.1. The van der Waals surface area contributed by atoms with Crippen LogP contribution in [0.15, 0.2) is 71.8 Å². The molecule has 0 fully saturated rings. The van der Waals surface area contributed by atoms with Gasteiger partial charge in [-0.25, -0.2) is 12.4 Å². The molecule has 1 heterocycles. The molecule has 0 atom stereocenters. The Hall–Kier alpha value is -2.58. The van der Waals surface area contributed by atoms with Gasteiger partial charge in [-0.3, -0.25) is 0 Å². The van der Waals surface area contributed by atoms with Crippen molar-refractivity contribution in [2.45, 2.75) is 17.7 Å². The van der Waals surface area contributed by atoms with E-state index in [9.17, 15) is 26.7 Å². The lowest BCUT2D eigenvalue weighted by atomic mass is 10.1. The van der Waals surface area contributed by atoms with Crippen LogP contribution in [-0.2, 0) is 22.8 Å². The fourth-order valence-electron chi connectivity index (χ4n) is 2.53. The summed E-state index contributed by atoms with van der Waals surface area (Å²) in [5.74, 6) is 0. The Balaban J connectivity index is 2.12. The fourth-order valence-corrected chi connectivity index (χ4v) is 3.93. The molecule has 3 rings (SSSR count). The van der Waals surface area contributed by atoms with Crippen LogP contribution in [-0.4, -0.2) is 17.5 Å². The van der Waals surface area contributed by atoms with Crippen LogP contribution in [0.5, 0.6) is 0 Å². The van der Waals surface area contributed by atoms with Gasteiger partial charge < -0.3 is 5.11 Å². The summed E-state index contributed by atoms with van der Waals surface area (Å²) >= 11 is 0. The first-order valence-corrected chi connectivity index (χ1v) is 8.98. The summed E-state index contributed by atoms with van der Waals surface area (Å²) in [6.45, 7) is -0.366. The molecule has 0 aliphatic carbocycles. The van der Waals surface area contributed by atoms with E-state index in [1.165, 1.54) is 12.3 Å². The predicted molar refractivity (Wildman–Crippen MR) is 89.8 cm³/mol. The molecule has 1 aromatic heterocycles. The second-order valence-corrected chi connectivity index (χ2v) is 7.40. The first-order chi connectivity index (χ1) is 12.2. The van der Waals surface area contributed by atoms with Crippen molar-refractivity contribution in [3.8, 4) is 11.3 Å². The number of benzene rings is 2. The number of rotatable bonds is 4. The summed E-state index contributed by atoms with van der Waals surface area (Å²) in [7, 11) is -4.13. The van der Waals surface area contributed by atoms with E-state index in [0.717, 1.165) is 28.2 Å². The van der Waals surface area contributed by atoms with Crippen molar-refractivity contribution < 1.29 is 26.7 Å². The zero-order chi connectivity index (χ0) is 18.9. The van der Waals surface area contributed by atoms with Crippen LogP contribution in [0.25, 0.3) is 11.3 Å². The van der Waals surface area contributed by atoms with Crippen molar-refractivity contribution in [2.75, 3.05) is 0 Å². The van der Waals surface area contributed by atoms with Gasteiger partial charge in [0, 0.05) is 6.20 Å². The fraction of sp³-hybridized carbons (Fsp3) is 0.111. The number of hydrogen-bond donors (Lipinski definition) is 1. The summed E-state index contributed by atoms with van der Waals surface area (Å²) in [4.78, 5) is -0.275. The average molecular weight is 381 g/mol. The number of hydrogen-bond acceptors (Lipinski definition) is 3. The van der Waals surface area contributed by atoms with Crippen LogP contribution >= 0.6 is 0 Å². The molecule has 0 aliphatic rings. The van der Waals surface area contributed by atoms with Crippen LogP contribution < -0.4 is 0 Å². The monoisotopic (exact) mass is 381 g/mol. The van der Waals surface area contributed by atoms with E-state index in [4.69, 9.17) is 0 Å². The molecule has 26 heavy (non-hydrogen) atoms. The third kappa shape index (κ3) is 3.38. The molecule has 3 aromatic rings. The Morgan fingerprint density at radius 1 is 0.962 bits per heavy atom. The minimum Gasteiger partial charge on any atom is -0.392 e. The van der Waals surface area contributed by atoms with Gasteiger partial charge in [0.05, 0.1) is 22.8 Å². The standard InChI is InChI=1S/C18H14F3NO3S/c19-18(20,21)15-6-8-16(9-7-15)26(24,25)22-11-13(12-23)10-17(22)14-4-2-1-3-5-14/h1-11,23H,12H2. The molecule has 1 N–H and O–H groups in total. The average Bonchev–Trinajstić information content (AvgIpc) is 3.07. The normalized spacial score (nSPS) is 12.3. The van der Waals surface area contributed by atoms with Crippen LogP contribution in [0.3, 0.4) is 0 Å². The van der Waals surface area contributed by atoms with Gasteiger partial charge in [0.25, 0.3) is 10.0 Å². The van der Waals surface area contributed by atoms with Gasteiger partial charge in [-0.15, -0.1) is 0 Å². The molecule has 2 aromatic carbocycles. The zero-order valence-electron chi connectivity index (χ0n) is 13.3. The maximum absolute atomic E-state index is 12.9. The Morgan fingerprint density at radius 3 is 2.12 bits per heavy atom. The predicted octanol–water partition coefficient (Wildman–Crippen LogP) is 3.90. The van der Waals surface area contributed by atoms with Gasteiger partial charge in [0.2, 0.25) is 0 Å². The minimum atomic E-state index is -4.55. The Morgan fingerprint density at radius 2 is 1.58 bits per heavy atom. The molecule has 0 radical (unpaired) electrons. The van der Waals surface area contributed by atoms with Crippen molar-refractivity contribution >= 4 is 10.0 Å². The van der Waals surface area contributed by atoms with E-state index >= 15 is 0 Å². The van der Waals surface area contributed by atoms with Crippen molar-refractivity contribution in [1.82, 2.24) is 3.97 Å². The number of aliphatic hydroxyl groups is 1. The number of nitrogens with zero attached hydrogens (tertiary/aromatic N) is 1. The van der Waals surface area contributed by atoms with Crippen molar-refractivity contribution in [3.63, 3.8) is 0 Å². The number of aliphatic hydroxyl groups excluding tert-OH is 1. The van der Waals surface area contributed by atoms with Crippen LogP contribution in [0.4, 0.5) is 13.2 Å². The highest BCUT2D eigenvalue weighted by atomic mass is 32.2. The first kappa shape index (κ1) is 18.2. The molecule has 0 saturated carbocycles. The molecule has 0 spiro atoms. The van der Waals surface area contributed by atoms with Gasteiger partial charge in [-0.05, 0) is 41.5 Å². The van der Waals surface area contributed by atoms with Gasteiger partial charge in [0.15, 0.2) is 0 Å². The van der Waals surface area contributed by atoms with Gasteiger partial charge in [-0.1, -0.05) is 30.3 Å². The number of alkyl halides is 3. The van der Waals surface area contributed by atoms with Crippen molar-refractivity contribution in [3.05, 3.63) is 78.0 Å². The Bertz CT molecular complexity index is 1010. The molecule has 136 valence electrons. The quantitative estimate of drug-likeness (QED) is 0.746. The highest BCUT2D eigenvalue weighted by molar-refractivity contribution is 7.90. The number of aromatic nitrogens is 1. The lowest BCUT2D eigenvalue weighted by molar-refractivity contribution is -0.137.